The van der Waals surface area contributed by atoms with Crippen molar-refractivity contribution in [2.75, 3.05) is 31.1 Å². The summed E-state index contributed by atoms with van der Waals surface area (Å²) in [5.41, 5.74) is 4.98. The fraction of sp³-hybridized carbons (Fsp3) is 0.318. The van der Waals surface area contributed by atoms with E-state index < -0.39 is 10.0 Å². The molecule has 0 bridgehead atoms. The van der Waals surface area contributed by atoms with E-state index >= 15 is 0 Å². The van der Waals surface area contributed by atoms with Gasteiger partial charge >= 0.3 is 0 Å². The maximum Gasteiger partial charge on any atom is 0.244 e. The Morgan fingerprint density at radius 1 is 1.03 bits per heavy atom. The van der Waals surface area contributed by atoms with Crippen LogP contribution in [0.3, 0.4) is 0 Å². The van der Waals surface area contributed by atoms with Crippen LogP contribution in [0.25, 0.3) is 0 Å². The topological polar surface area (TPSA) is 53.5 Å². The van der Waals surface area contributed by atoms with Crippen LogP contribution >= 0.6 is 27.3 Å². The van der Waals surface area contributed by atoms with Gasteiger partial charge in [-0.3, -0.25) is 0 Å². The smallest absolute Gasteiger partial charge is 0.244 e. The lowest BCUT2D eigenvalue weighted by molar-refractivity contribution is 0.384. The third-order valence-electron chi connectivity index (χ3n) is 5.59. The maximum absolute atomic E-state index is 13.0. The second-order valence-corrected chi connectivity index (χ2v) is 11.1. The van der Waals surface area contributed by atoms with Gasteiger partial charge in [0.2, 0.25) is 10.0 Å². The van der Waals surface area contributed by atoms with Crippen LogP contribution in [0.4, 0.5) is 5.13 Å². The molecule has 30 heavy (non-hydrogen) atoms. The van der Waals surface area contributed by atoms with Gasteiger partial charge in [-0.2, -0.15) is 4.31 Å². The summed E-state index contributed by atoms with van der Waals surface area (Å²) in [7, 11) is -3.50. The molecular weight excluding hydrogens is 482 g/mol. The molecule has 2 aromatic carbocycles. The van der Waals surface area contributed by atoms with Crippen LogP contribution in [0.15, 0.2) is 57.2 Å². The zero-order valence-electron chi connectivity index (χ0n) is 17.0. The first-order valence-electron chi connectivity index (χ1n) is 9.85. The van der Waals surface area contributed by atoms with Crippen LogP contribution in [0, 0.1) is 13.8 Å². The second-order valence-electron chi connectivity index (χ2n) is 7.48. The van der Waals surface area contributed by atoms with Crippen molar-refractivity contribution >= 4 is 42.4 Å². The van der Waals surface area contributed by atoms with E-state index in [2.05, 4.69) is 58.3 Å². The SMILES string of the molecule is Cc1cccc(Cc2csc(N3CCN(S(=O)(=O)c4ccccc4Br)CC3)n2)c1C. The normalized spacial score (nSPS) is 15.5. The average Bonchev–Trinajstić information content (AvgIpc) is 3.20. The van der Waals surface area contributed by atoms with E-state index in [9.17, 15) is 8.42 Å². The minimum atomic E-state index is -3.50. The van der Waals surface area contributed by atoms with E-state index in [1.54, 1.807) is 33.8 Å². The highest BCUT2D eigenvalue weighted by atomic mass is 79.9. The Bertz CT molecular complexity index is 1150. The second kappa shape index (κ2) is 8.78. The van der Waals surface area contributed by atoms with E-state index in [4.69, 9.17) is 4.98 Å². The zero-order valence-corrected chi connectivity index (χ0v) is 20.2. The Kier molecular flexibility index (Phi) is 6.29. The number of hydrogen-bond acceptors (Lipinski definition) is 5. The largest absolute Gasteiger partial charge is 0.345 e. The van der Waals surface area contributed by atoms with Gasteiger partial charge in [-0.25, -0.2) is 13.4 Å². The lowest BCUT2D eigenvalue weighted by Crippen LogP contribution is -2.48. The monoisotopic (exact) mass is 505 g/mol. The van der Waals surface area contributed by atoms with E-state index in [-0.39, 0.29) is 0 Å². The van der Waals surface area contributed by atoms with Gasteiger partial charge < -0.3 is 4.90 Å². The van der Waals surface area contributed by atoms with Gasteiger partial charge in [0, 0.05) is 42.5 Å². The molecule has 1 saturated heterocycles. The molecule has 0 amide bonds. The fourth-order valence-electron chi connectivity index (χ4n) is 3.63. The molecule has 0 spiro atoms. The van der Waals surface area contributed by atoms with Crippen LogP contribution in [0.1, 0.15) is 22.4 Å². The molecule has 0 unspecified atom stereocenters. The Balaban J connectivity index is 1.43. The summed E-state index contributed by atoms with van der Waals surface area (Å²) in [6.07, 6.45) is 0.820. The first kappa shape index (κ1) is 21.5. The average molecular weight is 506 g/mol. The summed E-state index contributed by atoms with van der Waals surface area (Å²) in [6.45, 7) is 6.47. The van der Waals surface area contributed by atoms with E-state index in [1.807, 2.05) is 6.07 Å². The molecule has 1 aliphatic rings. The molecule has 2 heterocycles. The minimum Gasteiger partial charge on any atom is -0.345 e. The highest BCUT2D eigenvalue weighted by Gasteiger charge is 2.30. The molecule has 0 radical (unpaired) electrons. The molecule has 0 N–H and O–H groups in total. The van der Waals surface area contributed by atoms with Crippen molar-refractivity contribution in [3.05, 3.63) is 74.7 Å². The number of hydrogen-bond donors (Lipinski definition) is 0. The quantitative estimate of drug-likeness (QED) is 0.507. The van der Waals surface area contributed by atoms with Gasteiger partial charge in [0.05, 0.1) is 10.6 Å². The van der Waals surface area contributed by atoms with Crippen molar-refractivity contribution < 1.29 is 8.42 Å². The van der Waals surface area contributed by atoms with Crippen LogP contribution in [-0.4, -0.2) is 43.9 Å². The number of piperazine rings is 1. The number of benzene rings is 2. The summed E-state index contributed by atoms with van der Waals surface area (Å²) in [5.74, 6) is 0. The Labute approximate surface area is 190 Å². The fourth-order valence-corrected chi connectivity index (χ4v) is 6.90. The Morgan fingerprint density at radius 3 is 2.50 bits per heavy atom. The van der Waals surface area contributed by atoms with Gasteiger partial charge in [0.25, 0.3) is 0 Å². The number of aromatic nitrogens is 1. The number of aryl methyl sites for hydroxylation is 1. The predicted octanol–water partition coefficient (Wildman–Crippen LogP) is 4.62. The number of thiazole rings is 1. The Morgan fingerprint density at radius 2 is 1.77 bits per heavy atom. The first-order valence-corrected chi connectivity index (χ1v) is 13.0. The summed E-state index contributed by atoms with van der Waals surface area (Å²) in [5, 5.41) is 3.08. The van der Waals surface area contributed by atoms with Crippen molar-refractivity contribution in [2.24, 2.45) is 0 Å². The number of anilines is 1. The molecule has 5 nitrogen and oxygen atoms in total. The van der Waals surface area contributed by atoms with E-state index in [1.165, 1.54) is 16.7 Å². The van der Waals surface area contributed by atoms with E-state index in [0.717, 1.165) is 17.2 Å². The first-order chi connectivity index (χ1) is 14.4. The molecule has 1 fully saturated rings. The molecule has 3 aromatic rings. The van der Waals surface area contributed by atoms with Crippen molar-refractivity contribution in [1.82, 2.24) is 9.29 Å². The third-order valence-corrected chi connectivity index (χ3v) is 9.45. The molecule has 0 aliphatic carbocycles. The maximum atomic E-state index is 13.0. The third kappa shape index (κ3) is 4.32. The highest BCUT2D eigenvalue weighted by Crippen LogP contribution is 2.28. The van der Waals surface area contributed by atoms with E-state index in [0.29, 0.717) is 35.5 Å². The summed E-state index contributed by atoms with van der Waals surface area (Å²) < 4.78 is 28.1. The summed E-state index contributed by atoms with van der Waals surface area (Å²) in [4.78, 5) is 7.34. The highest BCUT2D eigenvalue weighted by molar-refractivity contribution is 9.10. The predicted molar refractivity (Wildman–Crippen MR) is 126 cm³/mol. The van der Waals surface area contributed by atoms with Crippen LogP contribution in [-0.2, 0) is 16.4 Å². The van der Waals surface area contributed by atoms with Crippen molar-refractivity contribution in [3.8, 4) is 0 Å². The molecule has 1 aliphatic heterocycles. The lowest BCUT2D eigenvalue weighted by atomic mass is 10.0. The van der Waals surface area contributed by atoms with Crippen molar-refractivity contribution in [2.45, 2.75) is 25.2 Å². The number of nitrogens with zero attached hydrogens (tertiary/aromatic N) is 3. The van der Waals surface area contributed by atoms with Crippen molar-refractivity contribution in [1.29, 1.82) is 0 Å². The van der Waals surface area contributed by atoms with Gasteiger partial charge in [-0.05, 0) is 58.6 Å². The molecule has 8 heteroatoms. The number of halogens is 1. The van der Waals surface area contributed by atoms with Crippen LogP contribution < -0.4 is 4.90 Å². The molecule has 1 aromatic heterocycles. The zero-order chi connectivity index (χ0) is 21.3. The number of rotatable bonds is 5. The summed E-state index contributed by atoms with van der Waals surface area (Å²) in [6, 6.07) is 13.4. The van der Waals surface area contributed by atoms with Gasteiger partial charge in [-0.1, -0.05) is 30.3 Å². The van der Waals surface area contributed by atoms with Crippen LogP contribution in [0.5, 0.6) is 0 Å². The van der Waals surface area contributed by atoms with Crippen LogP contribution in [0.2, 0.25) is 0 Å². The van der Waals surface area contributed by atoms with Gasteiger partial charge in [0.15, 0.2) is 5.13 Å². The standard InChI is InChI=1S/C22H24BrN3O2S2/c1-16-6-5-7-18(17(16)2)14-19-15-29-22(24-19)25-10-12-26(13-11-25)30(27,28)21-9-4-3-8-20(21)23/h3-9,15H,10-14H2,1-2H3. The molecule has 4 rings (SSSR count). The van der Waals surface area contributed by atoms with Gasteiger partial charge in [0.1, 0.15) is 0 Å². The number of sulfonamides is 1. The molecule has 158 valence electrons. The lowest BCUT2D eigenvalue weighted by Gasteiger charge is -2.34. The van der Waals surface area contributed by atoms with Gasteiger partial charge in [-0.15, -0.1) is 11.3 Å². The Hall–Kier alpha value is -1.74. The minimum absolute atomic E-state index is 0.323. The summed E-state index contributed by atoms with van der Waals surface area (Å²) >= 11 is 4.99. The molecule has 0 atom stereocenters. The molecule has 0 saturated carbocycles. The van der Waals surface area contributed by atoms with Crippen molar-refractivity contribution in [3.63, 3.8) is 0 Å². The molecular formula is C22H24BrN3O2S2.